The summed E-state index contributed by atoms with van der Waals surface area (Å²) < 4.78 is 3.92. The van der Waals surface area contributed by atoms with Crippen molar-refractivity contribution in [3.63, 3.8) is 0 Å². The van der Waals surface area contributed by atoms with Gasteiger partial charge in [-0.05, 0) is 41.5 Å². The van der Waals surface area contributed by atoms with Crippen LogP contribution in [0.15, 0.2) is 42.3 Å². The smallest absolute Gasteiger partial charge is 0.0537 e. The Morgan fingerprint density at radius 3 is 2.95 bits per heavy atom. The number of fused-ring (bicyclic) bond motifs is 5. The fraction of sp³-hybridized carbons (Fsp3) is 0.158. The van der Waals surface area contributed by atoms with Crippen molar-refractivity contribution in [2.24, 2.45) is 0 Å². The van der Waals surface area contributed by atoms with E-state index in [0.29, 0.717) is 0 Å². The second-order valence-electron chi connectivity index (χ2n) is 5.76. The molecule has 0 spiro atoms. The van der Waals surface area contributed by atoms with Crippen molar-refractivity contribution in [2.45, 2.75) is 19.4 Å². The Balaban J connectivity index is 2.21. The zero-order chi connectivity index (χ0) is 14.0. The average molecular weight is 289 g/mol. The van der Waals surface area contributed by atoms with E-state index in [1.165, 1.54) is 55.9 Å². The molecule has 1 nitrogen and oxygen atoms in total. The fourth-order valence-electron chi connectivity index (χ4n) is 3.98. The molecule has 0 saturated heterocycles. The summed E-state index contributed by atoms with van der Waals surface area (Å²) in [4.78, 5) is 0. The molecule has 5 rings (SSSR count). The van der Waals surface area contributed by atoms with Crippen LogP contribution < -0.4 is 0 Å². The number of hydrogen-bond acceptors (Lipinski definition) is 1. The molecule has 4 aromatic rings. The van der Waals surface area contributed by atoms with Gasteiger partial charge in [-0.25, -0.2) is 0 Å². The predicted octanol–water partition coefficient (Wildman–Crippen LogP) is 5.60. The van der Waals surface area contributed by atoms with Gasteiger partial charge in [0.15, 0.2) is 0 Å². The third-order valence-corrected chi connectivity index (χ3v) is 5.72. The molecule has 0 bridgehead atoms. The average Bonchev–Trinajstić information content (AvgIpc) is 3.12. The second-order valence-corrected chi connectivity index (χ2v) is 6.67. The van der Waals surface area contributed by atoms with E-state index in [1.54, 1.807) is 0 Å². The third kappa shape index (κ3) is 1.31. The lowest BCUT2D eigenvalue weighted by Crippen LogP contribution is -2.08. The molecule has 0 saturated carbocycles. The van der Waals surface area contributed by atoms with Crippen LogP contribution in [0.3, 0.4) is 0 Å². The van der Waals surface area contributed by atoms with Crippen LogP contribution in [0.4, 0.5) is 0 Å². The lowest BCUT2D eigenvalue weighted by Gasteiger charge is -2.19. The van der Waals surface area contributed by atoms with Gasteiger partial charge < -0.3 is 4.57 Å². The van der Waals surface area contributed by atoms with E-state index in [1.807, 2.05) is 11.3 Å². The minimum atomic E-state index is 1.13. The summed E-state index contributed by atoms with van der Waals surface area (Å²) in [6.45, 7) is 5.21. The summed E-state index contributed by atoms with van der Waals surface area (Å²) in [5, 5.41) is 6.45. The predicted molar refractivity (Wildman–Crippen MR) is 93.2 cm³/mol. The highest BCUT2D eigenvalue weighted by Crippen LogP contribution is 2.43. The Kier molecular flexibility index (Phi) is 2.20. The summed E-state index contributed by atoms with van der Waals surface area (Å²) >= 11 is 1.84. The van der Waals surface area contributed by atoms with E-state index in [0.717, 1.165) is 6.54 Å². The van der Waals surface area contributed by atoms with Crippen molar-refractivity contribution in [1.82, 2.24) is 4.57 Å². The second kappa shape index (κ2) is 3.99. The molecule has 2 aromatic heterocycles. The number of para-hydroxylation sites is 1. The van der Waals surface area contributed by atoms with Gasteiger partial charge in [-0.1, -0.05) is 30.9 Å². The highest BCUT2D eigenvalue weighted by molar-refractivity contribution is 7.17. The lowest BCUT2D eigenvalue weighted by molar-refractivity contribution is 0.651. The lowest BCUT2D eigenvalue weighted by atomic mass is 9.95. The molecule has 1 aliphatic heterocycles. The van der Waals surface area contributed by atoms with E-state index in [4.69, 9.17) is 0 Å². The molecular formula is C19H15NS. The van der Waals surface area contributed by atoms with Crippen molar-refractivity contribution in [1.29, 1.82) is 0 Å². The molecule has 102 valence electrons. The molecule has 1 aliphatic rings. The molecule has 0 N–H and O–H groups in total. The number of aryl methyl sites for hydroxylation is 2. The first kappa shape index (κ1) is 11.6. The van der Waals surface area contributed by atoms with Crippen LogP contribution in [-0.2, 0) is 13.0 Å². The summed E-state index contributed by atoms with van der Waals surface area (Å²) in [6, 6.07) is 11.1. The number of benzene rings is 2. The molecule has 0 unspecified atom stereocenters. The third-order valence-electron chi connectivity index (χ3n) is 4.77. The van der Waals surface area contributed by atoms with Crippen LogP contribution in [0.25, 0.3) is 38.0 Å². The van der Waals surface area contributed by atoms with Crippen molar-refractivity contribution in [3.8, 4) is 0 Å². The molecule has 0 atom stereocenters. The normalized spacial score (nSPS) is 14.3. The SMILES string of the molecule is C=Cc1c2c3c(c4ccsc14)c1ccccc1n3CCC2. The number of aromatic nitrogens is 1. The molecule has 0 radical (unpaired) electrons. The molecule has 0 fully saturated rings. The summed E-state index contributed by atoms with van der Waals surface area (Å²) in [5.74, 6) is 0. The first-order valence-corrected chi connectivity index (χ1v) is 8.33. The Morgan fingerprint density at radius 1 is 1.14 bits per heavy atom. The number of thiophene rings is 1. The van der Waals surface area contributed by atoms with Crippen LogP contribution in [-0.4, -0.2) is 4.57 Å². The fourth-order valence-corrected chi connectivity index (χ4v) is 4.96. The van der Waals surface area contributed by atoms with Gasteiger partial charge in [-0.15, -0.1) is 11.3 Å². The minimum Gasteiger partial charge on any atom is -0.340 e. The molecule has 0 aliphatic carbocycles. The maximum Gasteiger partial charge on any atom is 0.0537 e. The van der Waals surface area contributed by atoms with E-state index in [9.17, 15) is 0 Å². The largest absolute Gasteiger partial charge is 0.340 e. The highest BCUT2D eigenvalue weighted by Gasteiger charge is 2.23. The van der Waals surface area contributed by atoms with Crippen molar-refractivity contribution in [3.05, 3.63) is 53.4 Å². The van der Waals surface area contributed by atoms with Gasteiger partial charge in [0, 0.05) is 32.9 Å². The number of rotatable bonds is 1. The summed E-state index contributed by atoms with van der Waals surface area (Å²) in [7, 11) is 0. The zero-order valence-corrected chi connectivity index (χ0v) is 12.5. The number of hydrogen-bond donors (Lipinski definition) is 0. The van der Waals surface area contributed by atoms with Gasteiger partial charge in [-0.3, -0.25) is 0 Å². The van der Waals surface area contributed by atoms with Crippen molar-refractivity contribution < 1.29 is 0 Å². The van der Waals surface area contributed by atoms with Gasteiger partial charge >= 0.3 is 0 Å². The first-order valence-electron chi connectivity index (χ1n) is 7.45. The Morgan fingerprint density at radius 2 is 2.05 bits per heavy atom. The highest BCUT2D eigenvalue weighted by atomic mass is 32.1. The van der Waals surface area contributed by atoms with Gasteiger partial charge in [-0.2, -0.15) is 0 Å². The first-order chi connectivity index (χ1) is 10.4. The Hall–Kier alpha value is -2.06. The Bertz CT molecular complexity index is 1030. The topological polar surface area (TPSA) is 4.93 Å². The molecule has 21 heavy (non-hydrogen) atoms. The van der Waals surface area contributed by atoms with Gasteiger partial charge in [0.25, 0.3) is 0 Å². The standard InChI is InChI=1S/C19H15NS/c1-2-12-13-7-5-10-20-16-8-4-3-6-14(16)17(18(13)20)15-9-11-21-19(12)15/h2-4,6,8-9,11H,1,5,7,10H2. The van der Waals surface area contributed by atoms with E-state index in [2.05, 4.69) is 52.9 Å². The van der Waals surface area contributed by atoms with Crippen molar-refractivity contribution in [2.75, 3.05) is 0 Å². The molecule has 3 heterocycles. The van der Waals surface area contributed by atoms with E-state index < -0.39 is 0 Å². The zero-order valence-electron chi connectivity index (χ0n) is 11.7. The van der Waals surface area contributed by atoms with Gasteiger partial charge in [0.05, 0.1) is 5.52 Å². The maximum absolute atomic E-state index is 4.08. The molecule has 0 amide bonds. The molecule has 2 heteroatoms. The summed E-state index contributed by atoms with van der Waals surface area (Å²) in [6.07, 6.45) is 4.45. The molecular weight excluding hydrogens is 274 g/mol. The Labute approximate surface area is 127 Å². The monoisotopic (exact) mass is 289 g/mol. The van der Waals surface area contributed by atoms with Crippen LogP contribution in [0.1, 0.15) is 17.5 Å². The van der Waals surface area contributed by atoms with Crippen LogP contribution >= 0.6 is 11.3 Å². The quantitative estimate of drug-likeness (QED) is 0.430. The molecule has 2 aromatic carbocycles. The van der Waals surface area contributed by atoms with Crippen LogP contribution in [0, 0.1) is 0 Å². The van der Waals surface area contributed by atoms with Gasteiger partial charge in [0.2, 0.25) is 0 Å². The van der Waals surface area contributed by atoms with E-state index >= 15 is 0 Å². The number of nitrogens with zero attached hydrogens (tertiary/aromatic N) is 1. The van der Waals surface area contributed by atoms with E-state index in [-0.39, 0.29) is 0 Å². The van der Waals surface area contributed by atoms with Crippen LogP contribution in [0.2, 0.25) is 0 Å². The maximum atomic E-state index is 4.08. The van der Waals surface area contributed by atoms with Crippen LogP contribution in [0.5, 0.6) is 0 Å². The van der Waals surface area contributed by atoms with Gasteiger partial charge in [0.1, 0.15) is 0 Å². The van der Waals surface area contributed by atoms with Crippen molar-refractivity contribution >= 4 is 49.3 Å². The minimum absolute atomic E-state index is 1.13. The summed E-state index contributed by atoms with van der Waals surface area (Å²) in [5.41, 5.74) is 5.68.